The number of methoxy groups -OCH3 is 1. The monoisotopic (exact) mass is 849 g/mol. The molecule has 6 atom stereocenters. The number of hydrogen-bond acceptors (Lipinski definition) is 10. The molecule has 1 aliphatic carbocycles. The maximum atomic E-state index is 14.6. The number of pyridine rings is 1. The number of nitrogens with zero attached hydrogens (tertiary/aromatic N) is 4. The topological polar surface area (TPSA) is 181 Å². The number of aromatic hydroxyl groups is 1. The molecule has 14 heteroatoms. The Bertz CT molecular complexity index is 2340. The third-order valence-electron chi connectivity index (χ3n) is 13.0. The number of esters is 1. The number of hydrazine groups is 1. The van der Waals surface area contributed by atoms with Gasteiger partial charge in [0, 0.05) is 67.8 Å². The number of nitrogens with one attached hydrogen (secondary N) is 2. The van der Waals surface area contributed by atoms with Crippen LogP contribution in [-0.2, 0) is 48.0 Å². The zero-order valence-electron chi connectivity index (χ0n) is 37.4. The maximum Gasteiger partial charge on any atom is 0.324 e. The standard InChI is InChI=1S/C48H63N7O7/c1-9-54-40-17-14-30-24-35(40)36(43(54)34-12-10-18-50-41(34)28(4)61-8)25-48(5,6)26-62-47(60)38-13-11-19-55(52-38)46(59)39(22-29-20-31(30)23-32(56)21-29)51-44(57)42(27(2)3)53(7)45(58)33-15-16-37(33)49/h10,12,14,17-18,20-21,23-24,27-28,33,37-39,42,52,56H,9,11,13,15-16,19,22,25-26,49H2,1-8H3,(H,51,57)/t28-,33+,37-,38-,39-,42-/m0/s1. The van der Waals surface area contributed by atoms with Gasteiger partial charge in [-0.2, -0.15) is 0 Å². The minimum atomic E-state index is -1.12. The SMILES string of the molecule is CCn1c(-c2cccnc2[C@H](C)OC)c2c3cc(ccc31)-c1cc(O)cc(c1)C[C@H](NC(=O)[C@H](C(C)C)N(C)C(=O)[C@@H]1CC[C@@H]1N)C(=O)N1CCC[C@H](N1)C(=O)OCC(C)(C)C2. The second kappa shape index (κ2) is 18.2. The van der Waals surface area contributed by atoms with Crippen molar-refractivity contribution >= 4 is 34.6 Å². The number of likely N-dealkylation sites (N-methyl/N-ethyl adjacent to an activating group) is 1. The summed E-state index contributed by atoms with van der Waals surface area (Å²) < 4.78 is 14.2. The molecule has 2 aliphatic heterocycles. The summed E-state index contributed by atoms with van der Waals surface area (Å²) in [4.78, 5) is 62.6. The van der Waals surface area contributed by atoms with Crippen LogP contribution in [0.1, 0.15) is 90.2 Å². The Balaban J connectivity index is 1.35. The zero-order chi connectivity index (χ0) is 44.6. The van der Waals surface area contributed by atoms with E-state index in [4.69, 9.17) is 20.2 Å². The fraction of sp³-hybridized carbons (Fsp3) is 0.521. The molecule has 2 aromatic heterocycles. The first-order valence-corrected chi connectivity index (χ1v) is 22.0. The Morgan fingerprint density at radius 1 is 1.10 bits per heavy atom. The Morgan fingerprint density at radius 3 is 2.55 bits per heavy atom. The van der Waals surface area contributed by atoms with E-state index in [1.807, 2.05) is 39.0 Å². The van der Waals surface area contributed by atoms with Crippen molar-refractivity contribution in [2.24, 2.45) is 23.0 Å². The highest BCUT2D eigenvalue weighted by Gasteiger charge is 2.41. The number of phenolic OH excluding ortho intramolecular Hbond substituents is 1. The Hall–Kier alpha value is -5.31. The minimum Gasteiger partial charge on any atom is -0.508 e. The van der Waals surface area contributed by atoms with Gasteiger partial charge in [0.05, 0.1) is 30.0 Å². The fourth-order valence-electron chi connectivity index (χ4n) is 9.48. The van der Waals surface area contributed by atoms with Crippen LogP contribution in [0.2, 0.25) is 0 Å². The lowest BCUT2D eigenvalue weighted by atomic mass is 9.79. The lowest BCUT2D eigenvalue weighted by molar-refractivity contribution is -0.155. The summed E-state index contributed by atoms with van der Waals surface area (Å²) in [6, 6.07) is 12.5. The van der Waals surface area contributed by atoms with E-state index in [1.54, 1.807) is 32.5 Å². The summed E-state index contributed by atoms with van der Waals surface area (Å²) in [7, 11) is 3.29. The molecule has 62 heavy (non-hydrogen) atoms. The molecule has 3 amide bonds. The fourth-order valence-corrected chi connectivity index (χ4v) is 9.48. The summed E-state index contributed by atoms with van der Waals surface area (Å²) in [5, 5.41) is 16.7. The average molecular weight is 850 g/mol. The highest BCUT2D eigenvalue weighted by Crippen LogP contribution is 2.42. The van der Waals surface area contributed by atoms with Crippen molar-refractivity contribution in [1.82, 2.24) is 30.2 Å². The van der Waals surface area contributed by atoms with Crippen molar-refractivity contribution in [1.29, 1.82) is 0 Å². The van der Waals surface area contributed by atoms with E-state index in [0.717, 1.165) is 51.0 Å². The van der Waals surface area contributed by atoms with Gasteiger partial charge < -0.3 is 35.1 Å². The van der Waals surface area contributed by atoms with E-state index >= 15 is 0 Å². The van der Waals surface area contributed by atoms with Gasteiger partial charge in [-0.15, -0.1) is 0 Å². The van der Waals surface area contributed by atoms with Gasteiger partial charge in [0.25, 0.3) is 5.91 Å². The third kappa shape index (κ3) is 8.95. The smallest absolute Gasteiger partial charge is 0.324 e. The molecule has 6 bridgehead atoms. The summed E-state index contributed by atoms with van der Waals surface area (Å²) >= 11 is 0. The second-order valence-electron chi connectivity index (χ2n) is 18.5. The van der Waals surface area contributed by atoms with Crippen LogP contribution in [0.4, 0.5) is 0 Å². The number of hydrogen-bond donors (Lipinski definition) is 4. The van der Waals surface area contributed by atoms with Crippen molar-refractivity contribution in [2.75, 3.05) is 27.3 Å². The van der Waals surface area contributed by atoms with Crippen LogP contribution in [-0.4, -0.2) is 99.7 Å². The molecule has 1 saturated carbocycles. The number of amides is 3. The molecule has 2 fully saturated rings. The molecule has 4 aromatic rings. The second-order valence-corrected chi connectivity index (χ2v) is 18.5. The van der Waals surface area contributed by atoms with Crippen molar-refractivity contribution in [3.63, 3.8) is 0 Å². The number of phenols is 1. The van der Waals surface area contributed by atoms with Gasteiger partial charge in [-0.05, 0) is 111 Å². The summed E-state index contributed by atoms with van der Waals surface area (Å²) in [6.45, 7) is 13.1. The van der Waals surface area contributed by atoms with E-state index in [2.05, 4.69) is 54.3 Å². The molecule has 3 aliphatic rings. The van der Waals surface area contributed by atoms with Crippen molar-refractivity contribution in [3.8, 4) is 28.1 Å². The van der Waals surface area contributed by atoms with Crippen LogP contribution in [0.5, 0.6) is 5.75 Å². The predicted octanol–water partition coefficient (Wildman–Crippen LogP) is 5.67. The predicted molar refractivity (Wildman–Crippen MR) is 237 cm³/mol. The van der Waals surface area contributed by atoms with E-state index in [9.17, 15) is 24.3 Å². The molecule has 5 N–H and O–H groups in total. The van der Waals surface area contributed by atoms with Crippen LogP contribution in [0.25, 0.3) is 33.3 Å². The van der Waals surface area contributed by atoms with E-state index in [-0.39, 0.29) is 48.7 Å². The van der Waals surface area contributed by atoms with Gasteiger partial charge in [0.15, 0.2) is 0 Å². The van der Waals surface area contributed by atoms with Crippen LogP contribution in [0.3, 0.4) is 0 Å². The highest BCUT2D eigenvalue weighted by atomic mass is 16.5. The summed E-state index contributed by atoms with van der Waals surface area (Å²) in [5.41, 5.74) is 15.8. The molecule has 0 spiro atoms. The minimum absolute atomic E-state index is 0.00684. The van der Waals surface area contributed by atoms with Crippen LogP contribution < -0.4 is 16.5 Å². The number of ether oxygens (including phenoxy) is 2. The third-order valence-corrected chi connectivity index (χ3v) is 13.0. The Kier molecular flexibility index (Phi) is 13.1. The number of carbonyl (C=O) groups is 4. The van der Waals surface area contributed by atoms with E-state index in [0.29, 0.717) is 44.3 Å². The molecule has 332 valence electrons. The lowest BCUT2D eigenvalue weighted by Crippen LogP contribution is -2.62. The molecule has 7 rings (SSSR count). The molecule has 14 nitrogen and oxygen atoms in total. The van der Waals surface area contributed by atoms with Crippen molar-refractivity contribution in [3.05, 3.63) is 71.5 Å². The average Bonchev–Trinajstić information content (AvgIpc) is 3.54. The van der Waals surface area contributed by atoms with Crippen LogP contribution >= 0.6 is 0 Å². The van der Waals surface area contributed by atoms with Crippen LogP contribution in [0.15, 0.2) is 54.7 Å². The number of rotatable bonds is 9. The molecular formula is C48H63N7O7. The number of benzene rings is 2. The normalized spacial score (nSPS) is 22.6. The lowest BCUT2D eigenvalue weighted by Gasteiger charge is -2.39. The van der Waals surface area contributed by atoms with Gasteiger partial charge in [-0.25, -0.2) is 5.43 Å². The molecule has 0 unspecified atom stereocenters. The zero-order valence-corrected chi connectivity index (χ0v) is 37.4. The highest BCUT2D eigenvalue weighted by molar-refractivity contribution is 5.96. The van der Waals surface area contributed by atoms with E-state index in [1.165, 1.54) is 9.91 Å². The van der Waals surface area contributed by atoms with Gasteiger partial charge in [0.1, 0.15) is 23.9 Å². The Labute approximate surface area is 364 Å². The molecule has 2 aromatic carbocycles. The first kappa shape index (κ1) is 44.7. The number of aryl methyl sites for hydroxylation is 1. The molecule has 0 radical (unpaired) electrons. The summed E-state index contributed by atoms with van der Waals surface area (Å²) in [6.07, 6.45) is 4.49. The summed E-state index contributed by atoms with van der Waals surface area (Å²) in [5.74, 6) is -2.22. The van der Waals surface area contributed by atoms with Gasteiger partial charge in [0.2, 0.25) is 11.8 Å². The first-order chi connectivity index (χ1) is 29.5. The Morgan fingerprint density at radius 2 is 1.87 bits per heavy atom. The van der Waals surface area contributed by atoms with Crippen molar-refractivity contribution in [2.45, 2.75) is 117 Å². The first-order valence-electron chi connectivity index (χ1n) is 22.0. The molecule has 4 heterocycles. The number of nitrogens with two attached hydrogens (primary N) is 1. The van der Waals surface area contributed by atoms with Crippen molar-refractivity contribution < 1.29 is 33.8 Å². The molecule has 1 saturated heterocycles. The molecular weight excluding hydrogens is 787 g/mol. The number of aromatic nitrogens is 2. The number of fused-ring (bicyclic) bond motifs is 6. The quantitative estimate of drug-likeness (QED) is 0.153. The number of cyclic esters (lactones) is 1. The van der Waals surface area contributed by atoms with Gasteiger partial charge >= 0.3 is 5.97 Å². The van der Waals surface area contributed by atoms with Gasteiger partial charge in [-0.3, -0.25) is 29.2 Å². The maximum absolute atomic E-state index is 14.6. The van der Waals surface area contributed by atoms with Gasteiger partial charge in [-0.1, -0.05) is 39.8 Å². The number of carbonyl (C=O) groups excluding carboxylic acids is 4. The largest absolute Gasteiger partial charge is 0.508 e. The van der Waals surface area contributed by atoms with Crippen LogP contribution in [0, 0.1) is 17.3 Å². The van der Waals surface area contributed by atoms with E-state index < -0.39 is 41.3 Å².